The van der Waals surface area contributed by atoms with Gasteiger partial charge in [0.15, 0.2) is 0 Å². The van der Waals surface area contributed by atoms with E-state index in [9.17, 15) is 9.90 Å². The highest BCUT2D eigenvalue weighted by molar-refractivity contribution is 5.99. The fraction of sp³-hybridized carbons (Fsp3) is 0.273. The van der Waals surface area contributed by atoms with Gasteiger partial charge in [0.05, 0.1) is 0 Å². The lowest BCUT2D eigenvalue weighted by Crippen LogP contribution is -2.21. The van der Waals surface area contributed by atoms with Crippen LogP contribution in [-0.2, 0) is 4.79 Å². The van der Waals surface area contributed by atoms with Crippen LogP contribution in [0.3, 0.4) is 0 Å². The van der Waals surface area contributed by atoms with Gasteiger partial charge in [-0.15, -0.1) is 0 Å². The number of nitrogens with one attached hydrogen (secondary N) is 1. The first-order chi connectivity index (χ1) is 13.3. The summed E-state index contributed by atoms with van der Waals surface area (Å²) in [7, 11) is 0. The van der Waals surface area contributed by atoms with E-state index in [0.717, 1.165) is 18.8 Å². The average Bonchev–Trinajstić information content (AvgIpc) is 2.68. The van der Waals surface area contributed by atoms with Gasteiger partial charge in [0.1, 0.15) is 17.3 Å². The summed E-state index contributed by atoms with van der Waals surface area (Å²) in [4.78, 5) is 14.6. The molecule has 0 aliphatic heterocycles. The van der Waals surface area contributed by atoms with E-state index < -0.39 is 5.97 Å². The molecule has 6 nitrogen and oxygen atoms in total. The number of ether oxygens (including phenoxy) is 1. The second kappa shape index (κ2) is 9.08. The molecule has 0 unspecified atom stereocenters. The number of nitrogens with zero attached hydrogens (tertiary/aromatic N) is 1. The predicted octanol–water partition coefficient (Wildman–Crippen LogP) is 3.92. The lowest BCUT2D eigenvalue weighted by atomic mass is 10.0. The van der Waals surface area contributed by atoms with Crippen LogP contribution in [0.15, 0.2) is 48.0 Å². The van der Waals surface area contributed by atoms with Crippen molar-refractivity contribution in [2.24, 2.45) is 5.73 Å². The SMILES string of the molecule is CCN(CC)c1ccc(C(C)=C(C)C(=O)Oc2ccc(C(=N)N)cc2)c(O)c1. The Balaban J connectivity index is 2.23. The third kappa shape index (κ3) is 4.71. The summed E-state index contributed by atoms with van der Waals surface area (Å²) in [6, 6.07) is 11.9. The molecule has 2 rings (SSSR count). The van der Waals surface area contributed by atoms with E-state index in [-0.39, 0.29) is 11.6 Å². The van der Waals surface area contributed by atoms with Gasteiger partial charge in [-0.05, 0) is 69.7 Å². The number of aromatic hydroxyl groups is 1. The van der Waals surface area contributed by atoms with Crippen molar-refractivity contribution in [3.8, 4) is 11.5 Å². The largest absolute Gasteiger partial charge is 0.507 e. The number of hydrogen-bond acceptors (Lipinski definition) is 5. The Hall–Kier alpha value is -3.28. The van der Waals surface area contributed by atoms with Crippen molar-refractivity contribution in [2.75, 3.05) is 18.0 Å². The molecule has 0 fully saturated rings. The van der Waals surface area contributed by atoms with Crippen LogP contribution in [0.25, 0.3) is 5.57 Å². The van der Waals surface area contributed by atoms with Gasteiger partial charge in [-0.1, -0.05) is 0 Å². The summed E-state index contributed by atoms with van der Waals surface area (Å²) in [5, 5.41) is 17.8. The molecule has 148 valence electrons. The number of phenolic OH excluding ortho intramolecular Hbond substituents is 1. The molecular formula is C22H27N3O3. The lowest BCUT2D eigenvalue weighted by Gasteiger charge is -2.22. The molecule has 0 amide bonds. The highest BCUT2D eigenvalue weighted by Gasteiger charge is 2.15. The number of rotatable bonds is 7. The molecule has 2 aromatic rings. The normalized spacial score (nSPS) is 11.6. The first kappa shape index (κ1) is 21.0. The molecule has 0 atom stereocenters. The van der Waals surface area contributed by atoms with Crippen LogP contribution in [0.1, 0.15) is 38.8 Å². The minimum atomic E-state index is -0.500. The molecule has 4 N–H and O–H groups in total. The van der Waals surface area contributed by atoms with E-state index in [0.29, 0.717) is 28.0 Å². The van der Waals surface area contributed by atoms with E-state index in [1.165, 1.54) is 0 Å². The summed E-state index contributed by atoms with van der Waals surface area (Å²) >= 11 is 0. The number of amidine groups is 1. The number of esters is 1. The Bertz CT molecular complexity index is 898. The molecule has 0 saturated carbocycles. The van der Waals surface area contributed by atoms with Crippen LogP contribution < -0.4 is 15.4 Å². The van der Waals surface area contributed by atoms with Crippen molar-refractivity contribution in [2.45, 2.75) is 27.7 Å². The molecule has 0 aliphatic carbocycles. The Labute approximate surface area is 165 Å². The molecule has 6 heteroatoms. The van der Waals surface area contributed by atoms with Gasteiger partial charge in [-0.2, -0.15) is 0 Å². The summed E-state index contributed by atoms with van der Waals surface area (Å²) in [5.41, 5.74) is 8.56. The molecule has 0 aromatic heterocycles. The number of benzene rings is 2. The molecule has 0 bridgehead atoms. The number of phenols is 1. The van der Waals surface area contributed by atoms with Crippen molar-refractivity contribution < 1.29 is 14.6 Å². The summed E-state index contributed by atoms with van der Waals surface area (Å²) in [5.74, 6) is -0.0585. The van der Waals surface area contributed by atoms with Crippen LogP contribution in [0.4, 0.5) is 5.69 Å². The Kier molecular flexibility index (Phi) is 6.82. The number of carbonyl (C=O) groups is 1. The van der Waals surface area contributed by atoms with Gasteiger partial charge >= 0.3 is 5.97 Å². The monoisotopic (exact) mass is 381 g/mol. The first-order valence-electron chi connectivity index (χ1n) is 9.20. The maximum absolute atomic E-state index is 12.5. The zero-order chi connectivity index (χ0) is 20.8. The number of carbonyl (C=O) groups excluding carboxylic acids is 1. The average molecular weight is 381 g/mol. The standard InChI is InChI=1S/C22H27N3O3/c1-5-25(6-2)17-9-12-19(20(26)13-17)14(3)15(4)22(27)28-18-10-7-16(8-11-18)21(23)24/h7-13,26H,5-6H2,1-4H3,(H3,23,24). The van der Waals surface area contributed by atoms with E-state index in [4.69, 9.17) is 15.9 Å². The molecule has 0 spiro atoms. The van der Waals surface area contributed by atoms with Gasteiger partial charge in [0, 0.05) is 41.5 Å². The maximum atomic E-state index is 12.5. The quantitative estimate of drug-likeness (QED) is 0.222. The third-order valence-electron chi connectivity index (χ3n) is 4.76. The van der Waals surface area contributed by atoms with Crippen molar-refractivity contribution >= 4 is 23.1 Å². The van der Waals surface area contributed by atoms with Gasteiger partial charge in [0.2, 0.25) is 0 Å². The Morgan fingerprint density at radius 2 is 1.71 bits per heavy atom. The van der Waals surface area contributed by atoms with Crippen molar-refractivity contribution in [1.29, 1.82) is 5.41 Å². The van der Waals surface area contributed by atoms with Crippen molar-refractivity contribution in [3.05, 3.63) is 59.2 Å². The second-order valence-corrected chi connectivity index (χ2v) is 6.45. The van der Waals surface area contributed by atoms with Crippen LogP contribution >= 0.6 is 0 Å². The van der Waals surface area contributed by atoms with Gasteiger partial charge < -0.3 is 20.5 Å². The summed E-state index contributed by atoms with van der Waals surface area (Å²) in [6.45, 7) is 9.25. The van der Waals surface area contributed by atoms with Crippen LogP contribution in [-0.4, -0.2) is 30.0 Å². The summed E-state index contributed by atoms with van der Waals surface area (Å²) < 4.78 is 5.39. The van der Waals surface area contributed by atoms with E-state index in [2.05, 4.69) is 18.7 Å². The Morgan fingerprint density at radius 1 is 1.11 bits per heavy atom. The second-order valence-electron chi connectivity index (χ2n) is 6.45. The smallest absolute Gasteiger partial charge is 0.339 e. The Morgan fingerprint density at radius 3 is 2.21 bits per heavy atom. The fourth-order valence-electron chi connectivity index (χ4n) is 2.86. The van der Waals surface area contributed by atoms with Gasteiger partial charge in [-0.3, -0.25) is 5.41 Å². The topological polar surface area (TPSA) is 99.6 Å². The zero-order valence-corrected chi connectivity index (χ0v) is 16.7. The molecule has 28 heavy (non-hydrogen) atoms. The van der Waals surface area contributed by atoms with Gasteiger partial charge in [0.25, 0.3) is 0 Å². The number of anilines is 1. The van der Waals surface area contributed by atoms with Crippen molar-refractivity contribution in [1.82, 2.24) is 0 Å². The number of nitrogen functional groups attached to an aromatic ring is 1. The predicted molar refractivity (Wildman–Crippen MR) is 113 cm³/mol. The minimum absolute atomic E-state index is 0.0477. The van der Waals surface area contributed by atoms with Crippen LogP contribution in [0.5, 0.6) is 11.5 Å². The van der Waals surface area contributed by atoms with E-state index in [1.54, 1.807) is 44.2 Å². The molecular weight excluding hydrogens is 354 g/mol. The van der Waals surface area contributed by atoms with E-state index >= 15 is 0 Å². The number of nitrogens with two attached hydrogens (primary N) is 1. The molecule has 0 radical (unpaired) electrons. The first-order valence-corrected chi connectivity index (χ1v) is 9.20. The van der Waals surface area contributed by atoms with E-state index in [1.807, 2.05) is 12.1 Å². The van der Waals surface area contributed by atoms with Crippen molar-refractivity contribution in [3.63, 3.8) is 0 Å². The summed E-state index contributed by atoms with van der Waals surface area (Å²) in [6.07, 6.45) is 0. The molecule has 2 aromatic carbocycles. The zero-order valence-electron chi connectivity index (χ0n) is 16.7. The highest BCUT2D eigenvalue weighted by atomic mass is 16.5. The van der Waals surface area contributed by atoms with Crippen LogP contribution in [0, 0.1) is 5.41 Å². The lowest BCUT2D eigenvalue weighted by molar-refractivity contribution is -0.130. The van der Waals surface area contributed by atoms with Gasteiger partial charge in [-0.25, -0.2) is 4.79 Å². The molecule has 0 saturated heterocycles. The van der Waals surface area contributed by atoms with Crippen LogP contribution in [0.2, 0.25) is 0 Å². The fourth-order valence-corrected chi connectivity index (χ4v) is 2.86. The number of hydrogen-bond donors (Lipinski definition) is 3. The minimum Gasteiger partial charge on any atom is -0.507 e. The highest BCUT2D eigenvalue weighted by Crippen LogP contribution is 2.31. The third-order valence-corrected chi connectivity index (χ3v) is 4.76. The molecule has 0 heterocycles. The molecule has 0 aliphatic rings. The number of allylic oxidation sites excluding steroid dienone is 1. The maximum Gasteiger partial charge on any atom is 0.339 e.